The third-order valence-corrected chi connectivity index (χ3v) is 3.69. The average molecular weight is 344 g/mol. The Bertz CT molecular complexity index is 792. The number of halogens is 1. The number of cyclic esters (lactones) is 1. The highest BCUT2D eigenvalue weighted by atomic mass is 19.1. The number of amides is 2. The third-order valence-electron chi connectivity index (χ3n) is 3.69. The van der Waals surface area contributed by atoms with Crippen LogP contribution in [0.25, 0.3) is 0 Å². The molecule has 6 nitrogen and oxygen atoms in total. The lowest BCUT2D eigenvalue weighted by Crippen LogP contribution is -2.23. The molecule has 3 rings (SSSR count). The van der Waals surface area contributed by atoms with Gasteiger partial charge < -0.3 is 14.8 Å². The van der Waals surface area contributed by atoms with Crippen molar-refractivity contribution in [3.8, 4) is 5.75 Å². The van der Waals surface area contributed by atoms with Gasteiger partial charge in [-0.1, -0.05) is 0 Å². The number of carbonyl (C=O) groups excluding carboxylic acids is 2. The summed E-state index contributed by atoms with van der Waals surface area (Å²) in [7, 11) is 0. The van der Waals surface area contributed by atoms with E-state index in [9.17, 15) is 14.0 Å². The van der Waals surface area contributed by atoms with Crippen LogP contribution >= 0.6 is 0 Å². The van der Waals surface area contributed by atoms with Crippen molar-refractivity contribution in [1.29, 1.82) is 0 Å². The summed E-state index contributed by atoms with van der Waals surface area (Å²) in [5.74, 6) is -0.475. The van der Waals surface area contributed by atoms with E-state index < -0.39 is 17.8 Å². The molecule has 0 aromatic heterocycles. The van der Waals surface area contributed by atoms with Crippen molar-refractivity contribution in [2.45, 2.75) is 6.92 Å². The van der Waals surface area contributed by atoms with Gasteiger partial charge >= 0.3 is 6.09 Å². The lowest BCUT2D eigenvalue weighted by atomic mass is 10.1. The Hall–Kier alpha value is -3.09. The van der Waals surface area contributed by atoms with Crippen LogP contribution in [0.5, 0.6) is 5.75 Å². The summed E-state index contributed by atoms with van der Waals surface area (Å²) in [5.41, 5.74) is 1.29. The van der Waals surface area contributed by atoms with Crippen molar-refractivity contribution >= 4 is 23.4 Å². The average Bonchev–Trinajstić information content (AvgIpc) is 3.03. The van der Waals surface area contributed by atoms with Crippen LogP contribution in [0.1, 0.15) is 17.3 Å². The maximum absolute atomic E-state index is 13.4. The van der Waals surface area contributed by atoms with E-state index in [1.807, 2.05) is 0 Å². The van der Waals surface area contributed by atoms with Gasteiger partial charge in [0.25, 0.3) is 5.91 Å². The zero-order valence-electron chi connectivity index (χ0n) is 13.6. The second-order valence-electron chi connectivity index (χ2n) is 5.34. The van der Waals surface area contributed by atoms with E-state index in [-0.39, 0.29) is 5.69 Å². The molecule has 1 N–H and O–H groups in total. The smallest absolute Gasteiger partial charge is 0.414 e. The van der Waals surface area contributed by atoms with Gasteiger partial charge in [-0.2, -0.15) is 0 Å². The quantitative estimate of drug-likeness (QED) is 0.902. The monoisotopic (exact) mass is 344 g/mol. The molecule has 2 aromatic carbocycles. The van der Waals surface area contributed by atoms with Crippen LogP contribution in [0.2, 0.25) is 0 Å². The number of hydrogen-bond donors (Lipinski definition) is 1. The molecule has 1 fully saturated rings. The molecule has 2 aromatic rings. The Morgan fingerprint density at radius 2 is 2.04 bits per heavy atom. The Morgan fingerprint density at radius 3 is 2.68 bits per heavy atom. The molecule has 0 aliphatic carbocycles. The SMILES string of the molecule is CCOc1ccc(F)cc1NC(=O)c1ccc(N2CCOC2=O)cc1. The number of hydrogen-bond acceptors (Lipinski definition) is 4. The van der Waals surface area contributed by atoms with E-state index in [0.29, 0.717) is 36.8 Å². The number of carbonyl (C=O) groups is 2. The van der Waals surface area contributed by atoms with Crippen molar-refractivity contribution in [3.05, 3.63) is 53.8 Å². The zero-order chi connectivity index (χ0) is 17.8. The van der Waals surface area contributed by atoms with Crippen LogP contribution < -0.4 is 15.0 Å². The maximum Gasteiger partial charge on any atom is 0.414 e. The molecule has 1 saturated heterocycles. The first-order chi connectivity index (χ1) is 12.1. The number of rotatable bonds is 5. The molecule has 0 unspecified atom stereocenters. The molecule has 0 spiro atoms. The van der Waals surface area contributed by atoms with Crippen LogP contribution in [-0.2, 0) is 4.74 Å². The summed E-state index contributed by atoms with van der Waals surface area (Å²) >= 11 is 0. The van der Waals surface area contributed by atoms with E-state index in [1.165, 1.54) is 23.1 Å². The first-order valence-corrected chi connectivity index (χ1v) is 7.86. The summed E-state index contributed by atoms with van der Waals surface area (Å²) in [6.07, 6.45) is -0.404. The summed E-state index contributed by atoms with van der Waals surface area (Å²) in [5, 5.41) is 2.64. The number of benzene rings is 2. The molecule has 25 heavy (non-hydrogen) atoms. The predicted molar refractivity (Wildman–Crippen MR) is 90.7 cm³/mol. The molecule has 0 bridgehead atoms. The summed E-state index contributed by atoms with van der Waals surface area (Å²) in [4.78, 5) is 25.4. The van der Waals surface area contributed by atoms with Crippen LogP contribution in [0.15, 0.2) is 42.5 Å². The van der Waals surface area contributed by atoms with Crippen molar-refractivity contribution in [1.82, 2.24) is 0 Å². The van der Waals surface area contributed by atoms with E-state index in [4.69, 9.17) is 9.47 Å². The fourth-order valence-corrected chi connectivity index (χ4v) is 2.50. The van der Waals surface area contributed by atoms with Gasteiger partial charge in [-0.15, -0.1) is 0 Å². The topological polar surface area (TPSA) is 67.9 Å². The van der Waals surface area contributed by atoms with Crippen LogP contribution in [0.3, 0.4) is 0 Å². The van der Waals surface area contributed by atoms with E-state index in [0.717, 1.165) is 0 Å². The van der Waals surface area contributed by atoms with E-state index >= 15 is 0 Å². The van der Waals surface area contributed by atoms with Gasteiger partial charge in [-0.05, 0) is 43.3 Å². The van der Waals surface area contributed by atoms with Crippen molar-refractivity contribution in [3.63, 3.8) is 0 Å². The normalized spacial score (nSPS) is 13.5. The van der Waals surface area contributed by atoms with Crippen LogP contribution in [0.4, 0.5) is 20.6 Å². The van der Waals surface area contributed by atoms with E-state index in [2.05, 4.69) is 5.32 Å². The van der Waals surface area contributed by atoms with Crippen molar-refractivity contribution in [2.24, 2.45) is 0 Å². The molecule has 2 amide bonds. The first kappa shape index (κ1) is 16.8. The molecule has 7 heteroatoms. The standard InChI is InChI=1S/C18H17FN2O4/c1-2-24-16-8-5-13(19)11-15(16)20-17(22)12-3-6-14(7-4-12)21-9-10-25-18(21)23/h3-8,11H,2,9-10H2,1H3,(H,20,22). The molecular weight excluding hydrogens is 327 g/mol. The molecular formula is C18H17FN2O4. The van der Waals surface area contributed by atoms with Gasteiger partial charge in [0.2, 0.25) is 0 Å². The highest BCUT2D eigenvalue weighted by Crippen LogP contribution is 2.26. The van der Waals surface area contributed by atoms with Gasteiger partial charge in [0.15, 0.2) is 0 Å². The highest BCUT2D eigenvalue weighted by molar-refractivity contribution is 6.05. The number of ether oxygens (including phenoxy) is 2. The summed E-state index contributed by atoms with van der Waals surface area (Å²) in [6, 6.07) is 10.5. The van der Waals surface area contributed by atoms with E-state index in [1.54, 1.807) is 31.2 Å². The van der Waals surface area contributed by atoms with Gasteiger partial charge in [-0.3, -0.25) is 9.69 Å². The molecule has 0 radical (unpaired) electrons. The Morgan fingerprint density at radius 1 is 1.28 bits per heavy atom. The minimum Gasteiger partial charge on any atom is -0.492 e. The van der Waals surface area contributed by atoms with Crippen LogP contribution in [0, 0.1) is 5.82 Å². The highest BCUT2D eigenvalue weighted by Gasteiger charge is 2.23. The Balaban J connectivity index is 1.75. The van der Waals surface area contributed by atoms with Crippen molar-refractivity contribution < 1.29 is 23.5 Å². The third kappa shape index (κ3) is 3.71. The number of nitrogens with zero attached hydrogens (tertiary/aromatic N) is 1. The largest absolute Gasteiger partial charge is 0.492 e. The predicted octanol–water partition coefficient (Wildman–Crippen LogP) is 3.43. The lowest BCUT2D eigenvalue weighted by Gasteiger charge is -2.14. The lowest BCUT2D eigenvalue weighted by molar-refractivity contribution is 0.102. The Kier molecular flexibility index (Phi) is 4.83. The van der Waals surface area contributed by atoms with Crippen LogP contribution in [-0.4, -0.2) is 31.8 Å². The van der Waals surface area contributed by atoms with Gasteiger partial charge in [-0.25, -0.2) is 9.18 Å². The fraction of sp³-hybridized carbons (Fsp3) is 0.222. The van der Waals surface area contributed by atoms with Gasteiger partial charge in [0.1, 0.15) is 18.2 Å². The number of nitrogens with one attached hydrogen (secondary N) is 1. The minimum atomic E-state index is -0.471. The van der Waals surface area contributed by atoms with Crippen molar-refractivity contribution in [2.75, 3.05) is 30.0 Å². The second kappa shape index (κ2) is 7.21. The fourth-order valence-electron chi connectivity index (χ4n) is 2.50. The maximum atomic E-state index is 13.4. The summed E-state index contributed by atoms with van der Waals surface area (Å²) in [6.45, 7) is 3.03. The van der Waals surface area contributed by atoms with Gasteiger partial charge in [0.05, 0.1) is 18.8 Å². The number of anilines is 2. The Labute approximate surface area is 144 Å². The molecule has 1 heterocycles. The molecule has 1 aliphatic heterocycles. The minimum absolute atomic E-state index is 0.263. The molecule has 1 aliphatic rings. The second-order valence-corrected chi connectivity index (χ2v) is 5.34. The first-order valence-electron chi connectivity index (χ1n) is 7.86. The molecule has 130 valence electrons. The summed E-state index contributed by atoms with van der Waals surface area (Å²) < 4.78 is 23.7. The van der Waals surface area contributed by atoms with Gasteiger partial charge in [0, 0.05) is 17.3 Å². The molecule has 0 atom stereocenters. The molecule has 0 saturated carbocycles. The zero-order valence-corrected chi connectivity index (χ0v) is 13.6.